The Labute approximate surface area is 259 Å². The van der Waals surface area contributed by atoms with E-state index in [1.54, 1.807) is 18.3 Å². The Morgan fingerprint density at radius 3 is 2.45 bits per heavy atom. The predicted molar refractivity (Wildman–Crippen MR) is 169 cm³/mol. The van der Waals surface area contributed by atoms with Crippen LogP contribution in [0.2, 0.25) is 15.1 Å². The van der Waals surface area contributed by atoms with Gasteiger partial charge < -0.3 is 16.4 Å². The zero-order valence-corrected chi connectivity index (χ0v) is 25.3. The number of carbonyl (C=O) groups excluding carboxylic acids is 1. The zero-order chi connectivity index (χ0) is 29.2. The Hall–Kier alpha value is -3.11. The molecule has 1 aliphatic carbocycles. The summed E-state index contributed by atoms with van der Waals surface area (Å²) >= 11 is 19.2. The maximum atomic E-state index is 11.8. The third-order valence-electron chi connectivity index (χ3n) is 8.23. The Kier molecular flexibility index (Phi) is 8.72. The van der Waals surface area contributed by atoms with Crippen molar-refractivity contribution in [3.05, 3.63) is 69.3 Å². The van der Waals surface area contributed by atoms with E-state index in [-0.39, 0.29) is 23.9 Å². The third-order valence-corrected chi connectivity index (χ3v) is 9.04. The molecule has 2 aromatic heterocycles. The molecule has 2 aliphatic rings. The lowest BCUT2D eigenvalue weighted by Gasteiger charge is -2.33. The molecule has 6 rings (SSSR count). The number of imidazole rings is 1. The summed E-state index contributed by atoms with van der Waals surface area (Å²) in [5.41, 5.74) is 8.79. The lowest BCUT2D eigenvalue weighted by molar-refractivity contribution is -0.122. The molecule has 3 heterocycles. The molecule has 42 heavy (non-hydrogen) atoms. The minimum atomic E-state index is -0.246. The fourth-order valence-electron chi connectivity index (χ4n) is 6.13. The number of hydrogen-bond donors (Lipinski definition) is 3. The number of fused-ring (bicyclic) bond motifs is 1. The molecule has 1 amide bonds. The largest absolute Gasteiger partial charge is 0.369 e. The summed E-state index contributed by atoms with van der Waals surface area (Å²) in [6, 6.07) is 14.1. The molecule has 12 heteroatoms. The summed E-state index contributed by atoms with van der Waals surface area (Å²) < 4.78 is 2.09. The quantitative estimate of drug-likeness (QED) is 0.196. The van der Waals surface area contributed by atoms with Crippen LogP contribution < -0.4 is 16.4 Å². The van der Waals surface area contributed by atoms with E-state index >= 15 is 0 Å². The van der Waals surface area contributed by atoms with E-state index in [1.807, 2.05) is 6.07 Å². The van der Waals surface area contributed by atoms with Crippen molar-refractivity contribution in [2.75, 3.05) is 23.7 Å². The maximum Gasteiger partial charge on any atom is 0.225 e. The first-order chi connectivity index (χ1) is 20.3. The summed E-state index contributed by atoms with van der Waals surface area (Å²) in [6.45, 7) is 2.90. The molecule has 0 bridgehead atoms. The fraction of sp³-hybridized carbons (Fsp3) is 0.400. The number of nitrogens with one attached hydrogen (secondary N) is 2. The van der Waals surface area contributed by atoms with Crippen LogP contribution in [0, 0.1) is 5.92 Å². The number of benzene rings is 2. The van der Waals surface area contributed by atoms with Gasteiger partial charge in [-0.05, 0) is 62.8 Å². The Morgan fingerprint density at radius 2 is 1.74 bits per heavy atom. The number of carbonyl (C=O) groups is 1. The predicted octanol–water partition coefficient (Wildman–Crippen LogP) is 6.82. The van der Waals surface area contributed by atoms with Crippen molar-refractivity contribution in [2.24, 2.45) is 11.7 Å². The molecule has 4 N–H and O–H groups in total. The number of piperidine rings is 1. The summed E-state index contributed by atoms with van der Waals surface area (Å²) in [5.74, 6) is 0.751. The molecule has 1 saturated heterocycles. The van der Waals surface area contributed by atoms with E-state index in [0.29, 0.717) is 56.7 Å². The molecule has 0 spiro atoms. The number of anilines is 3. The van der Waals surface area contributed by atoms with Gasteiger partial charge in [0.05, 0.1) is 21.9 Å². The molecule has 1 aliphatic heterocycles. The Balaban J connectivity index is 1.28. The van der Waals surface area contributed by atoms with Gasteiger partial charge in [0.25, 0.3) is 0 Å². The van der Waals surface area contributed by atoms with Gasteiger partial charge in [-0.15, -0.1) is 0 Å². The van der Waals surface area contributed by atoms with E-state index in [0.717, 1.165) is 45.3 Å². The minimum absolute atomic E-state index is 0.0525. The van der Waals surface area contributed by atoms with E-state index in [1.165, 1.54) is 5.56 Å². The van der Waals surface area contributed by atoms with Crippen LogP contribution in [0.25, 0.3) is 11.2 Å². The Bertz CT molecular complexity index is 1550. The van der Waals surface area contributed by atoms with Crippen LogP contribution in [0.4, 0.5) is 17.6 Å². The smallest absolute Gasteiger partial charge is 0.225 e. The van der Waals surface area contributed by atoms with Crippen LogP contribution in [0.5, 0.6) is 0 Å². The van der Waals surface area contributed by atoms with Gasteiger partial charge in [-0.1, -0.05) is 65.1 Å². The molecule has 220 valence electrons. The maximum absolute atomic E-state index is 11.8. The van der Waals surface area contributed by atoms with E-state index in [2.05, 4.69) is 49.4 Å². The molecule has 0 unspecified atom stereocenters. The van der Waals surface area contributed by atoms with E-state index in [4.69, 9.17) is 50.5 Å². The second-order valence-corrected chi connectivity index (χ2v) is 12.4. The Morgan fingerprint density at radius 1 is 1.00 bits per heavy atom. The highest BCUT2D eigenvalue weighted by Gasteiger charge is 2.30. The number of halogens is 3. The van der Waals surface area contributed by atoms with Crippen LogP contribution in [0.15, 0.2) is 48.7 Å². The number of nitrogens with zero attached hydrogens (tertiary/aromatic N) is 5. The van der Waals surface area contributed by atoms with Crippen molar-refractivity contribution in [1.82, 2.24) is 24.4 Å². The third kappa shape index (κ3) is 6.44. The SMILES string of the molecule is NC(=O)[C@H]1CC[C@H](n2c(Nc3c(Cl)cc(Cl)cc3Cl)nc3cnc(N[C@@H]4CCCN(Cc5ccccc5)C4)nc32)CC1. The van der Waals surface area contributed by atoms with Crippen LogP contribution in [0.3, 0.4) is 0 Å². The van der Waals surface area contributed by atoms with Crippen LogP contribution in [0.1, 0.15) is 50.1 Å². The van der Waals surface area contributed by atoms with Crippen molar-refractivity contribution < 1.29 is 4.79 Å². The number of nitrogens with two attached hydrogens (primary N) is 1. The first kappa shape index (κ1) is 29.0. The first-order valence-electron chi connectivity index (χ1n) is 14.3. The van der Waals surface area contributed by atoms with E-state index in [9.17, 15) is 4.79 Å². The second kappa shape index (κ2) is 12.6. The van der Waals surface area contributed by atoms with Crippen LogP contribution >= 0.6 is 34.8 Å². The lowest BCUT2D eigenvalue weighted by Crippen LogP contribution is -2.41. The highest BCUT2D eigenvalue weighted by atomic mass is 35.5. The second-order valence-electron chi connectivity index (χ2n) is 11.2. The van der Waals surface area contributed by atoms with Crippen molar-refractivity contribution in [3.8, 4) is 0 Å². The normalized spacial score (nSPS) is 21.4. The van der Waals surface area contributed by atoms with Gasteiger partial charge in [-0.25, -0.2) is 9.97 Å². The van der Waals surface area contributed by atoms with Gasteiger partial charge in [-0.2, -0.15) is 4.98 Å². The summed E-state index contributed by atoms with van der Waals surface area (Å²) in [7, 11) is 0. The molecule has 2 fully saturated rings. The van der Waals surface area contributed by atoms with Crippen molar-refractivity contribution in [2.45, 2.75) is 57.2 Å². The first-order valence-corrected chi connectivity index (χ1v) is 15.5. The molecule has 4 aromatic rings. The van der Waals surface area contributed by atoms with Crippen molar-refractivity contribution >= 4 is 69.5 Å². The monoisotopic (exact) mass is 626 g/mol. The number of likely N-dealkylation sites (tertiary alicyclic amines) is 1. The number of primary amides is 1. The number of hydrogen-bond acceptors (Lipinski definition) is 7. The molecule has 0 radical (unpaired) electrons. The highest BCUT2D eigenvalue weighted by molar-refractivity contribution is 6.41. The zero-order valence-electron chi connectivity index (χ0n) is 23.1. The highest BCUT2D eigenvalue weighted by Crippen LogP contribution is 2.40. The minimum Gasteiger partial charge on any atom is -0.369 e. The summed E-state index contributed by atoms with van der Waals surface area (Å²) in [6.07, 6.45) is 6.83. The summed E-state index contributed by atoms with van der Waals surface area (Å²) in [5, 5.41) is 8.12. The molecule has 9 nitrogen and oxygen atoms in total. The standard InChI is InChI=1S/C30H33Cl3N8O/c31-20-13-23(32)26(24(33)14-20)38-30-37-25-15-35-29(39-28(25)41(30)22-10-8-19(9-11-22)27(34)42)36-21-7-4-12-40(17-21)16-18-5-2-1-3-6-18/h1-3,5-6,13-15,19,21-22H,4,7-12,16-17H2,(H2,34,42)(H,37,38)(H,35,36,39)/t19-,21-,22-/m1/s1. The van der Waals surface area contributed by atoms with Gasteiger partial charge in [0, 0.05) is 36.1 Å². The van der Waals surface area contributed by atoms with Gasteiger partial charge in [0.2, 0.25) is 17.8 Å². The molecule has 2 aromatic carbocycles. The molecular weight excluding hydrogens is 595 g/mol. The lowest BCUT2D eigenvalue weighted by atomic mass is 9.85. The van der Waals surface area contributed by atoms with E-state index < -0.39 is 0 Å². The van der Waals surface area contributed by atoms with Gasteiger partial charge in [0.15, 0.2) is 5.65 Å². The topological polar surface area (TPSA) is 114 Å². The van der Waals surface area contributed by atoms with Gasteiger partial charge >= 0.3 is 0 Å². The molecule has 1 atom stereocenters. The number of aromatic nitrogens is 4. The van der Waals surface area contributed by atoms with Gasteiger partial charge in [-0.3, -0.25) is 14.3 Å². The average Bonchev–Trinajstić information content (AvgIpc) is 3.33. The van der Waals surface area contributed by atoms with Crippen LogP contribution in [-0.2, 0) is 11.3 Å². The molecular formula is C30H33Cl3N8O. The fourth-order valence-corrected chi connectivity index (χ4v) is 7.04. The van der Waals surface area contributed by atoms with Crippen molar-refractivity contribution in [1.29, 1.82) is 0 Å². The number of amides is 1. The number of rotatable bonds is 8. The van der Waals surface area contributed by atoms with Crippen LogP contribution in [-0.4, -0.2) is 49.5 Å². The average molecular weight is 628 g/mol. The summed E-state index contributed by atoms with van der Waals surface area (Å²) in [4.78, 5) is 28.7. The molecule has 1 saturated carbocycles. The van der Waals surface area contributed by atoms with Crippen molar-refractivity contribution in [3.63, 3.8) is 0 Å². The van der Waals surface area contributed by atoms with Gasteiger partial charge in [0.1, 0.15) is 5.52 Å².